The predicted octanol–water partition coefficient (Wildman–Crippen LogP) is 2.08. The zero-order valence-electron chi connectivity index (χ0n) is 8.73. The molecule has 1 unspecified atom stereocenters. The molecule has 0 radical (unpaired) electrons. The van der Waals surface area contributed by atoms with E-state index in [1.54, 1.807) is 6.26 Å². The van der Waals surface area contributed by atoms with E-state index in [-0.39, 0.29) is 12.6 Å². The number of aliphatic hydroxyl groups is 1. The highest BCUT2D eigenvalue weighted by Gasteiger charge is 2.14. The molecule has 0 saturated heterocycles. The second-order valence-corrected chi connectivity index (χ2v) is 3.54. The van der Waals surface area contributed by atoms with Crippen LogP contribution in [0.5, 0.6) is 0 Å². The molecule has 80 valence electrons. The minimum atomic E-state index is 0.152. The molecule has 0 spiro atoms. The molecule has 3 nitrogen and oxygen atoms in total. The topological polar surface area (TPSA) is 45.4 Å². The van der Waals surface area contributed by atoms with E-state index in [4.69, 9.17) is 9.52 Å². The molecule has 1 atom stereocenters. The Morgan fingerprint density at radius 3 is 2.93 bits per heavy atom. The van der Waals surface area contributed by atoms with Crippen LogP contribution in [0.3, 0.4) is 0 Å². The third-order valence-electron chi connectivity index (χ3n) is 2.65. The third kappa shape index (κ3) is 1.89. The van der Waals surface area contributed by atoms with Crippen LogP contribution in [0.15, 0.2) is 34.9 Å². The SMILES string of the molecule is CNC(CCO)c1coc2ccccc12. The van der Waals surface area contributed by atoms with Gasteiger partial charge in [0.25, 0.3) is 0 Å². The number of hydrogen-bond donors (Lipinski definition) is 2. The van der Waals surface area contributed by atoms with Crippen LogP contribution < -0.4 is 5.32 Å². The number of para-hydroxylation sites is 1. The van der Waals surface area contributed by atoms with Gasteiger partial charge in [-0.3, -0.25) is 0 Å². The fourth-order valence-electron chi connectivity index (χ4n) is 1.85. The first-order valence-corrected chi connectivity index (χ1v) is 5.11. The molecule has 1 heterocycles. The summed E-state index contributed by atoms with van der Waals surface area (Å²) >= 11 is 0. The minimum absolute atomic E-state index is 0.152. The molecular weight excluding hydrogens is 190 g/mol. The van der Waals surface area contributed by atoms with Crippen molar-refractivity contribution in [3.63, 3.8) is 0 Å². The Bertz CT molecular complexity index is 436. The summed E-state index contributed by atoms with van der Waals surface area (Å²) in [5.74, 6) is 0. The molecule has 1 aromatic carbocycles. The average molecular weight is 205 g/mol. The van der Waals surface area contributed by atoms with E-state index in [1.165, 1.54) is 0 Å². The summed E-state index contributed by atoms with van der Waals surface area (Å²) in [7, 11) is 1.89. The number of nitrogens with one attached hydrogen (secondary N) is 1. The number of furan rings is 1. The maximum absolute atomic E-state index is 8.97. The van der Waals surface area contributed by atoms with Crippen LogP contribution >= 0.6 is 0 Å². The molecule has 0 bridgehead atoms. The van der Waals surface area contributed by atoms with Crippen LogP contribution in [0.1, 0.15) is 18.0 Å². The van der Waals surface area contributed by atoms with E-state index in [0.717, 1.165) is 16.5 Å². The maximum atomic E-state index is 8.97. The van der Waals surface area contributed by atoms with E-state index in [9.17, 15) is 0 Å². The van der Waals surface area contributed by atoms with Crippen molar-refractivity contribution >= 4 is 11.0 Å². The second kappa shape index (κ2) is 4.47. The summed E-state index contributed by atoms with van der Waals surface area (Å²) < 4.78 is 5.46. The molecule has 2 N–H and O–H groups in total. The molecule has 0 amide bonds. The van der Waals surface area contributed by atoms with E-state index < -0.39 is 0 Å². The van der Waals surface area contributed by atoms with Crippen molar-refractivity contribution in [1.82, 2.24) is 5.32 Å². The average Bonchev–Trinajstić information content (AvgIpc) is 2.70. The molecule has 0 saturated carbocycles. The molecule has 0 aliphatic heterocycles. The van der Waals surface area contributed by atoms with E-state index >= 15 is 0 Å². The van der Waals surface area contributed by atoms with Crippen molar-refractivity contribution in [2.24, 2.45) is 0 Å². The van der Waals surface area contributed by atoms with Crippen LogP contribution in [0.25, 0.3) is 11.0 Å². The predicted molar refractivity (Wildman–Crippen MR) is 59.7 cm³/mol. The first kappa shape index (κ1) is 10.2. The van der Waals surface area contributed by atoms with E-state index in [1.807, 2.05) is 31.3 Å². The van der Waals surface area contributed by atoms with Crippen LogP contribution in [0, 0.1) is 0 Å². The largest absolute Gasteiger partial charge is 0.464 e. The van der Waals surface area contributed by atoms with Gasteiger partial charge in [0.1, 0.15) is 5.58 Å². The first-order valence-electron chi connectivity index (χ1n) is 5.11. The zero-order chi connectivity index (χ0) is 10.7. The lowest BCUT2D eigenvalue weighted by atomic mass is 10.0. The summed E-state index contributed by atoms with van der Waals surface area (Å²) in [6.45, 7) is 0.172. The summed E-state index contributed by atoms with van der Waals surface area (Å²) in [5.41, 5.74) is 2.01. The molecule has 15 heavy (non-hydrogen) atoms. The Morgan fingerprint density at radius 2 is 2.20 bits per heavy atom. The van der Waals surface area contributed by atoms with Crippen LogP contribution in [-0.2, 0) is 0 Å². The molecular formula is C12H15NO2. The Kier molecular flexibility index (Phi) is 3.04. The molecule has 2 rings (SSSR count). The molecule has 2 aromatic rings. The summed E-state index contributed by atoms with van der Waals surface area (Å²) in [6, 6.07) is 8.09. The summed E-state index contributed by atoms with van der Waals surface area (Å²) in [6.07, 6.45) is 2.46. The van der Waals surface area contributed by atoms with Gasteiger partial charge in [0.15, 0.2) is 0 Å². The van der Waals surface area contributed by atoms with Gasteiger partial charge < -0.3 is 14.8 Å². The second-order valence-electron chi connectivity index (χ2n) is 3.54. The van der Waals surface area contributed by atoms with Gasteiger partial charge >= 0.3 is 0 Å². The lowest BCUT2D eigenvalue weighted by Crippen LogP contribution is -2.17. The Hall–Kier alpha value is -1.32. The number of hydrogen-bond acceptors (Lipinski definition) is 3. The third-order valence-corrected chi connectivity index (χ3v) is 2.65. The van der Waals surface area contributed by atoms with Crippen molar-refractivity contribution in [2.75, 3.05) is 13.7 Å². The molecule has 0 aliphatic rings. The van der Waals surface area contributed by atoms with Crippen molar-refractivity contribution in [2.45, 2.75) is 12.5 Å². The van der Waals surface area contributed by atoms with Gasteiger partial charge in [-0.2, -0.15) is 0 Å². The molecule has 0 fully saturated rings. The van der Waals surface area contributed by atoms with E-state index in [0.29, 0.717) is 6.42 Å². The number of fused-ring (bicyclic) bond motifs is 1. The Balaban J connectivity index is 2.41. The highest BCUT2D eigenvalue weighted by molar-refractivity contribution is 5.81. The number of benzene rings is 1. The molecule has 3 heteroatoms. The van der Waals surface area contributed by atoms with Crippen LogP contribution in [0.4, 0.5) is 0 Å². The Morgan fingerprint density at radius 1 is 1.40 bits per heavy atom. The number of aliphatic hydroxyl groups excluding tert-OH is 1. The lowest BCUT2D eigenvalue weighted by Gasteiger charge is -2.12. The van der Waals surface area contributed by atoms with Crippen LogP contribution in [-0.4, -0.2) is 18.8 Å². The molecule has 1 aromatic heterocycles. The standard InChI is InChI=1S/C12H15NO2/c1-13-11(6-7-14)10-8-15-12-5-3-2-4-9(10)12/h2-5,8,11,13-14H,6-7H2,1H3. The van der Waals surface area contributed by atoms with Gasteiger partial charge in [-0.05, 0) is 19.5 Å². The monoisotopic (exact) mass is 205 g/mol. The fraction of sp³-hybridized carbons (Fsp3) is 0.333. The van der Waals surface area contributed by atoms with Gasteiger partial charge in [-0.1, -0.05) is 18.2 Å². The van der Waals surface area contributed by atoms with Gasteiger partial charge in [0, 0.05) is 23.6 Å². The van der Waals surface area contributed by atoms with Crippen molar-refractivity contribution in [1.29, 1.82) is 0 Å². The Labute approximate surface area is 88.7 Å². The quantitative estimate of drug-likeness (QED) is 0.803. The molecule has 0 aliphatic carbocycles. The van der Waals surface area contributed by atoms with Crippen molar-refractivity contribution < 1.29 is 9.52 Å². The lowest BCUT2D eigenvalue weighted by molar-refractivity contribution is 0.269. The van der Waals surface area contributed by atoms with Crippen molar-refractivity contribution in [3.8, 4) is 0 Å². The highest BCUT2D eigenvalue weighted by Crippen LogP contribution is 2.27. The summed E-state index contributed by atoms with van der Waals surface area (Å²) in [5, 5.41) is 13.3. The fourth-order valence-corrected chi connectivity index (χ4v) is 1.85. The summed E-state index contributed by atoms with van der Waals surface area (Å²) in [4.78, 5) is 0. The van der Waals surface area contributed by atoms with Gasteiger partial charge in [0.2, 0.25) is 0 Å². The minimum Gasteiger partial charge on any atom is -0.464 e. The van der Waals surface area contributed by atoms with Gasteiger partial charge in [-0.25, -0.2) is 0 Å². The maximum Gasteiger partial charge on any atom is 0.134 e. The normalized spacial score (nSPS) is 13.2. The van der Waals surface area contributed by atoms with Gasteiger partial charge in [-0.15, -0.1) is 0 Å². The number of rotatable bonds is 4. The van der Waals surface area contributed by atoms with Crippen molar-refractivity contribution in [3.05, 3.63) is 36.1 Å². The highest BCUT2D eigenvalue weighted by atomic mass is 16.3. The zero-order valence-corrected chi connectivity index (χ0v) is 8.73. The smallest absolute Gasteiger partial charge is 0.134 e. The first-order chi connectivity index (χ1) is 7.36. The van der Waals surface area contributed by atoms with Gasteiger partial charge in [0.05, 0.1) is 6.26 Å². The van der Waals surface area contributed by atoms with E-state index in [2.05, 4.69) is 5.32 Å². The van der Waals surface area contributed by atoms with Crippen LogP contribution in [0.2, 0.25) is 0 Å².